The highest BCUT2D eigenvalue weighted by Gasteiger charge is 2.65. The summed E-state index contributed by atoms with van der Waals surface area (Å²) in [7, 11) is 0. The molecule has 0 aliphatic carbocycles. The first kappa shape index (κ1) is 20.3. The van der Waals surface area contributed by atoms with Crippen molar-refractivity contribution >= 4 is 23.5 Å². The second kappa shape index (κ2) is 7.20. The van der Waals surface area contributed by atoms with E-state index in [2.05, 4.69) is 5.32 Å². The number of carbonyl (C=O) groups excluding carboxylic acids is 3. The van der Waals surface area contributed by atoms with E-state index in [1.807, 2.05) is 45.0 Å². The lowest BCUT2D eigenvalue weighted by Gasteiger charge is -2.34. The Hall–Kier alpha value is -2.41. The van der Waals surface area contributed by atoms with Crippen LogP contribution >= 0.6 is 0 Å². The van der Waals surface area contributed by atoms with E-state index in [0.717, 1.165) is 0 Å². The summed E-state index contributed by atoms with van der Waals surface area (Å²) in [5.41, 5.74) is -0.433. The number of nitrogens with one attached hydrogen (secondary N) is 1. The first-order chi connectivity index (χ1) is 13.2. The lowest BCUT2D eigenvalue weighted by Crippen LogP contribution is -2.56. The predicted molar refractivity (Wildman–Crippen MR) is 104 cm³/mol. The lowest BCUT2D eigenvalue weighted by atomic mass is 9.78. The van der Waals surface area contributed by atoms with Crippen LogP contribution in [0.1, 0.15) is 46.6 Å². The average Bonchev–Trinajstić information content (AvgIpc) is 3.14. The maximum Gasteiger partial charge on any atom is 0.323 e. The van der Waals surface area contributed by atoms with Crippen molar-refractivity contribution in [3.63, 3.8) is 0 Å². The molecule has 0 bridgehead atoms. The highest BCUT2D eigenvalue weighted by molar-refractivity contribution is 6.05. The molecule has 152 valence electrons. The number of hydrogen-bond acceptors (Lipinski definition) is 6. The molecule has 7 nitrogen and oxygen atoms in total. The number of amides is 1. The fraction of sp³-hybridized carbons (Fsp3) is 0.571. The molecule has 0 saturated carbocycles. The molecule has 1 fully saturated rings. The van der Waals surface area contributed by atoms with Crippen LogP contribution in [-0.4, -0.2) is 43.3 Å². The highest BCUT2D eigenvalue weighted by Crippen LogP contribution is 2.52. The van der Waals surface area contributed by atoms with Gasteiger partial charge in [0.05, 0.1) is 13.2 Å². The van der Waals surface area contributed by atoms with Crippen LogP contribution in [0.15, 0.2) is 24.3 Å². The smallest absolute Gasteiger partial charge is 0.323 e. The Labute approximate surface area is 165 Å². The molecule has 1 N–H and O–H groups in total. The van der Waals surface area contributed by atoms with Crippen LogP contribution in [0.2, 0.25) is 0 Å². The van der Waals surface area contributed by atoms with Gasteiger partial charge in [-0.05, 0) is 31.9 Å². The van der Waals surface area contributed by atoms with Crippen LogP contribution < -0.4 is 10.2 Å². The van der Waals surface area contributed by atoms with Crippen LogP contribution in [0, 0.1) is 5.41 Å². The van der Waals surface area contributed by atoms with Crippen LogP contribution in [0.25, 0.3) is 0 Å². The fourth-order valence-corrected chi connectivity index (χ4v) is 4.12. The number of anilines is 1. The van der Waals surface area contributed by atoms with Gasteiger partial charge in [-0.1, -0.05) is 39.0 Å². The van der Waals surface area contributed by atoms with Crippen LogP contribution in [0.5, 0.6) is 0 Å². The van der Waals surface area contributed by atoms with E-state index in [1.54, 1.807) is 18.7 Å². The molecular weight excluding hydrogens is 360 g/mol. The third-order valence-corrected chi connectivity index (χ3v) is 5.33. The summed E-state index contributed by atoms with van der Waals surface area (Å²) in [5, 5.41) is 3.20. The Bertz CT molecular complexity index is 800. The molecule has 0 aromatic heterocycles. The molecule has 2 aliphatic heterocycles. The van der Waals surface area contributed by atoms with E-state index in [4.69, 9.17) is 9.47 Å². The molecule has 3 rings (SSSR count). The van der Waals surface area contributed by atoms with Crippen LogP contribution in [-0.2, 0) is 29.3 Å². The minimum Gasteiger partial charge on any atom is -0.465 e. The molecule has 2 aliphatic rings. The molecule has 3 atom stereocenters. The zero-order valence-electron chi connectivity index (χ0n) is 17.1. The van der Waals surface area contributed by atoms with Crippen molar-refractivity contribution in [3.05, 3.63) is 29.8 Å². The van der Waals surface area contributed by atoms with Gasteiger partial charge in [0, 0.05) is 11.1 Å². The largest absolute Gasteiger partial charge is 0.465 e. The fourth-order valence-electron chi connectivity index (χ4n) is 4.12. The van der Waals surface area contributed by atoms with Gasteiger partial charge in [-0.15, -0.1) is 0 Å². The van der Waals surface area contributed by atoms with Crippen molar-refractivity contribution in [2.24, 2.45) is 5.41 Å². The van der Waals surface area contributed by atoms with Gasteiger partial charge in [0.25, 0.3) is 0 Å². The maximum absolute atomic E-state index is 13.3. The van der Waals surface area contributed by atoms with Crippen molar-refractivity contribution in [2.45, 2.75) is 58.7 Å². The second-order valence-electron chi connectivity index (χ2n) is 8.21. The Kier molecular flexibility index (Phi) is 5.23. The molecule has 7 heteroatoms. The second-order valence-corrected chi connectivity index (χ2v) is 8.21. The van der Waals surface area contributed by atoms with Gasteiger partial charge in [-0.2, -0.15) is 0 Å². The summed E-state index contributed by atoms with van der Waals surface area (Å²) >= 11 is 0. The number of para-hydroxylation sites is 1. The van der Waals surface area contributed by atoms with Crippen molar-refractivity contribution in [1.82, 2.24) is 5.32 Å². The number of fused-ring (bicyclic) bond motifs is 3. The van der Waals surface area contributed by atoms with Gasteiger partial charge < -0.3 is 9.47 Å². The van der Waals surface area contributed by atoms with Crippen LogP contribution in [0.4, 0.5) is 5.69 Å². The zero-order valence-corrected chi connectivity index (χ0v) is 17.1. The van der Waals surface area contributed by atoms with E-state index >= 15 is 0 Å². The molecule has 0 radical (unpaired) electrons. The maximum atomic E-state index is 13.3. The van der Waals surface area contributed by atoms with E-state index < -0.39 is 35.0 Å². The summed E-state index contributed by atoms with van der Waals surface area (Å²) in [6.07, 6.45) is -0.523. The Morgan fingerprint density at radius 3 is 2.39 bits per heavy atom. The number of benzene rings is 1. The van der Waals surface area contributed by atoms with Gasteiger partial charge >= 0.3 is 11.9 Å². The third kappa shape index (κ3) is 2.98. The molecule has 1 aromatic carbocycles. The number of rotatable bonds is 4. The average molecular weight is 388 g/mol. The summed E-state index contributed by atoms with van der Waals surface area (Å²) in [6.45, 7) is 9.44. The van der Waals surface area contributed by atoms with Gasteiger partial charge in [-0.25, -0.2) is 0 Å². The number of carbonyl (C=O) groups is 3. The van der Waals surface area contributed by atoms with Crippen molar-refractivity contribution < 1.29 is 23.9 Å². The van der Waals surface area contributed by atoms with Gasteiger partial charge in [0.15, 0.2) is 0 Å². The van der Waals surface area contributed by atoms with Gasteiger partial charge in [0.2, 0.25) is 5.91 Å². The topological polar surface area (TPSA) is 84.9 Å². The summed E-state index contributed by atoms with van der Waals surface area (Å²) in [6, 6.07) is 6.64. The predicted octanol–water partition coefficient (Wildman–Crippen LogP) is 2.13. The highest BCUT2D eigenvalue weighted by atomic mass is 16.5. The standard InChI is InChI=1S/C21H28N2O5/c1-6-27-16(24)14-12-21(19(26)28-7-2)13-10-8-9-11-15(13)23(17(21)22-14)18(25)20(3,4)5/h8-11,14,17,22H,6-7,12H2,1-5H3/t14?,17-,21-/m1/s1. The first-order valence-corrected chi connectivity index (χ1v) is 9.71. The molecule has 1 unspecified atom stereocenters. The number of esters is 2. The molecule has 1 saturated heterocycles. The molecule has 2 heterocycles. The normalized spacial score (nSPS) is 25.8. The van der Waals surface area contributed by atoms with E-state index in [1.165, 1.54) is 0 Å². The molecule has 28 heavy (non-hydrogen) atoms. The monoisotopic (exact) mass is 388 g/mol. The van der Waals surface area contributed by atoms with Gasteiger partial charge in [0.1, 0.15) is 17.6 Å². The van der Waals surface area contributed by atoms with Gasteiger partial charge in [-0.3, -0.25) is 24.6 Å². The van der Waals surface area contributed by atoms with E-state index in [-0.39, 0.29) is 25.5 Å². The molecule has 1 amide bonds. The van der Waals surface area contributed by atoms with E-state index in [9.17, 15) is 14.4 Å². The molecular formula is C21H28N2O5. The van der Waals surface area contributed by atoms with Crippen LogP contribution in [0.3, 0.4) is 0 Å². The lowest BCUT2D eigenvalue weighted by molar-refractivity contribution is -0.150. The van der Waals surface area contributed by atoms with Crippen molar-refractivity contribution in [1.29, 1.82) is 0 Å². The quantitative estimate of drug-likeness (QED) is 0.796. The SMILES string of the molecule is CCOC(=O)C1C[C@@]2(C(=O)OCC)c3ccccc3N(C(=O)C(C)(C)C)[C@H]2N1. The summed E-state index contributed by atoms with van der Waals surface area (Å²) in [4.78, 5) is 40.6. The molecule has 1 aromatic rings. The summed E-state index contributed by atoms with van der Waals surface area (Å²) in [5.74, 6) is -0.995. The minimum atomic E-state index is -1.15. The number of nitrogens with zero attached hydrogens (tertiary/aromatic N) is 1. The Balaban J connectivity index is 2.15. The zero-order chi connectivity index (χ0) is 20.7. The van der Waals surface area contributed by atoms with Crippen molar-refractivity contribution in [3.8, 4) is 0 Å². The third-order valence-electron chi connectivity index (χ3n) is 5.33. The Morgan fingerprint density at radius 2 is 1.79 bits per heavy atom. The number of hydrogen-bond donors (Lipinski definition) is 1. The summed E-state index contributed by atoms with van der Waals surface area (Å²) < 4.78 is 10.6. The Morgan fingerprint density at radius 1 is 1.14 bits per heavy atom. The van der Waals surface area contributed by atoms with Crippen molar-refractivity contribution in [2.75, 3.05) is 18.1 Å². The van der Waals surface area contributed by atoms with E-state index in [0.29, 0.717) is 11.3 Å². The minimum absolute atomic E-state index is 0.131. The first-order valence-electron chi connectivity index (χ1n) is 9.71. The molecule has 0 spiro atoms. The number of ether oxygens (including phenoxy) is 2.